The molecule has 0 radical (unpaired) electrons. The number of anilines is 2. The number of nitrogens with zero attached hydrogens (tertiary/aromatic N) is 5. The van der Waals surface area contributed by atoms with E-state index in [-0.39, 0.29) is 29.8 Å². The third kappa shape index (κ3) is 5.90. The topological polar surface area (TPSA) is 113 Å². The van der Waals surface area contributed by atoms with E-state index in [1.807, 2.05) is 29.0 Å². The molecule has 0 unspecified atom stereocenters. The van der Waals surface area contributed by atoms with E-state index >= 15 is 0 Å². The van der Waals surface area contributed by atoms with E-state index < -0.39 is 15.9 Å². The lowest BCUT2D eigenvalue weighted by Crippen LogP contribution is -2.27. The zero-order valence-corrected chi connectivity index (χ0v) is 20.3. The summed E-state index contributed by atoms with van der Waals surface area (Å²) in [6.45, 7) is 7.66. The largest absolute Gasteiger partial charge is 0.329 e. The van der Waals surface area contributed by atoms with Crippen molar-refractivity contribution in [2.45, 2.75) is 6.42 Å². The van der Waals surface area contributed by atoms with Crippen LogP contribution in [0.25, 0.3) is 10.4 Å². The zero-order chi connectivity index (χ0) is 25.6. The van der Waals surface area contributed by atoms with E-state index in [1.165, 1.54) is 6.08 Å². The van der Waals surface area contributed by atoms with E-state index in [4.69, 9.17) is 22.7 Å². The van der Waals surface area contributed by atoms with Crippen LogP contribution in [0.4, 0.5) is 11.4 Å². The number of halogens is 1. The summed E-state index contributed by atoms with van der Waals surface area (Å²) in [6.07, 6.45) is 3.35. The number of rotatable bonds is 7. The Hall–Kier alpha value is -4.07. The lowest BCUT2D eigenvalue weighted by atomic mass is 9.96. The molecule has 0 atom stereocenters. The lowest BCUT2D eigenvalue weighted by molar-refractivity contribution is 0.481. The van der Waals surface area contributed by atoms with E-state index in [2.05, 4.69) is 10.9 Å². The summed E-state index contributed by atoms with van der Waals surface area (Å²) in [5.74, 6) is 0.215. The summed E-state index contributed by atoms with van der Waals surface area (Å²) in [7, 11) is -2.31. The van der Waals surface area contributed by atoms with Crippen molar-refractivity contribution >= 4 is 38.7 Å². The molecule has 1 aliphatic rings. The van der Waals surface area contributed by atoms with Crippen LogP contribution in [0, 0.1) is 29.2 Å². The molecule has 0 aromatic heterocycles. The second-order valence-corrected chi connectivity index (χ2v) is 9.52. The number of hydrogen-bond acceptors (Lipinski definition) is 6. The van der Waals surface area contributed by atoms with Crippen molar-refractivity contribution in [1.29, 1.82) is 10.5 Å². The van der Waals surface area contributed by atoms with Crippen molar-refractivity contribution in [2.24, 2.45) is 0 Å². The Balaban J connectivity index is 2.11. The van der Waals surface area contributed by atoms with Crippen LogP contribution in [0.15, 0.2) is 77.8 Å². The Labute approximate surface area is 209 Å². The Morgan fingerprint density at radius 2 is 1.89 bits per heavy atom. The molecule has 0 saturated carbocycles. The van der Waals surface area contributed by atoms with E-state index in [9.17, 15) is 18.9 Å². The molecule has 2 aromatic carbocycles. The van der Waals surface area contributed by atoms with Gasteiger partial charge in [0.05, 0.1) is 41.4 Å². The van der Waals surface area contributed by atoms with Crippen LogP contribution in [0.1, 0.15) is 12.0 Å². The van der Waals surface area contributed by atoms with Crippen LogP contribution in [0.2, 0.25) is 5.02 Å². The van der Waals surface area contributed by atoms with Gasteiger partial charge in [-0.2, -0.15) is 13.7 Å². The second kappa shape index (κ2) is 10.9. The van der Waals surface area contributed by atoms with E-state index in [0.717, 1.165) is 11.4 Å². The SMILES string of the molecule is [C-]#[N+]C(C#N)=C(C(C#N)=CC=C1N(C)c2ccc(Cl)cc2N1CCCS(=O)(=O)O)c1ccccc1. The van der Waals surface area contributed by atoms with Crippen LogP contribution in [0.3, 0.4) is 0 Å². The fraction of sp³-hybridized carbons (Fsp3) is 0.160. The molecule has 0 saturated heterocycles. The predicted octanol–water partition coefficient (Wildman–Crippen LogP) is 5.02. The molecule has 0 amide bonds. The van der Waals surface area contributed by atoms with Gasteiger partial charge in [-0.1, -0.05) is 41.9 Å². The summed E-state index contributed by atoms with van der Waals surface area (Å²) in [6, 6.07) is 18.0. The summed E-state index contributed by atoms with van der Waals surface area (Å²) in [4.78, 5) is 7.00. The molecule has 10 heteroatoms. The van der Waals surface area contributed by atoms with Gasteiger partial charge in [0.2, 0.25) is 0 Å². The van der Waals surface area contributed by atoms with E-state index in [0.29, 0.717) is 16.4 Å². The van der Waals surface area contributed by atoms with Crippen molar-refractivity contribution in [3.8, 4) is 12.1 Å². The van der Waals surface area contributed by atoms with Gasteiger partial charge in [0.25, 0.3) is 15.8 Å². The van der Waals surface area contributed by atoms with Gasteiger partial charge in [-0.05, 0) is 42.3 Å². The summed E-state index contributed by atoms with van der Waals surface area (Å²) >= 11 is 6.20. The first-order chi connectivity index (χ1) is 16.7. The molecule has 1 heterocycles. The second-order valence-electron chi connectivity index (χ2n) is 7.51. The average molecular weight is 506 g/mol. The highest BCUT2D eigenvalue weighted by atomic mass is 35.5. The van der Waals surface area contributed by atoms with Crippen molar-refractivity contribution < 1.29 is 13.0 Å². The minimum absolute atomic E-state index is 0.122. The summed E-state index contributed by atoms with van der Waals surface area (Å²) in [5, 5.41) is 19.9. The maximum Gasteiger partial charge on any atom is 0.270 e. The maximum atomic E-state index is 11.2. The van der Waals surface area contributed by atoms with Gasteiger partial charge >= 0.3 is 0 Å². The van der Waals surface area contributed by atoms with Crippen LogP contribution >= 0.6 is 11.6 Å². The Kier molecular flexibility index (Phi) is 7.96. The lowest BCUT2D eigenvalue weighted by Gasteiger charge is -2.22. The Morgan fingerprint density at radius 3 is 2.49 bits per heavy atom. The molecule has 1 aliphatic heterocycles. The molecule has 176 valence electrons. The number of nitriles is 2. The molecule has 0 spiro atoms. The number of allylic oxidation sites excluding steroid dienone is 5. The Bertz CT molecular complexity index is 1440. The quantitative estimate of drug-likeness (QED) is 0.243. The molecule has 0 fully saturated rings. The maximum absolute atomic E-state index is 11.2. The van der Waals surface area contributed by atoms with Gasteiger partial charge < -0.3 is 9.80 Å². The average Bonchev–Trinajstić information content (AvgIpc) is 3.08. The van der Waals surface area contributed by atoms with Crippen LogP contribution < -0.4 is 9.80 Å². The minimum atomic E-state index is -4.12. The van der Waals surface area contributed by atoms with Gasteiger partial charge in [-0.15, -0.1) is 0 Å². The van der Waals surface area contributed by atoms with Crippen molar-refractivity contribution in [1.82, 2.24) is 0 Å². The molecule has 1 N–H and O–H groups in total. The number of benzene rings is 2. The van der Waals surface area contributed by atoms with Gasteiger partial charge in [-0.25, -0.2) is 10.1 Å². The third-order valence-corrected chi connectivity index (χ3v) is 6.34. The molecular formula is C25H20ClN5O3S. The molecule has 3 rings (SSSR count). The van der Waals surface area contributed by atoms with Crippen LogP contribution in [0.5, 0.6) is 0 Å². The highest BCUT2D eigenvalue weighted by molar-refractivity contribution is 7.85. The highest BCUT2D eigenvalue weighted by Crippen LogP contribution is 2.42. The van der Waals surface area contributed by atoms with Crippen LogP contribution in [-0.4, -0.2) is 32.3 Å². The zero-order valence-electron chi connectivity index (χ0n) is 18.7. The molecular weight excluding hydrogens is 486 g/mol. The fourth-order valence-electron chi connectivity index (χ4n) is 3.76. The molecule has 35 heavy (non-hydrogen) atoms. The smallest absolute Gasteiger partial charge is 0.270 e. The summed E-state index contributed by atoms with van der Waals surface area (Å²) in [5.41, 5.74) is 2.26. The standard InChI is InChI=1S/C25H20ClN5O3S/c1-29-21(17-28)25(18-7-4-3-5-8-18)19(16-27)9-12-24-30(2)22-11-10-20(26)15-23(22)31(24)13-6-14-35(32,33)34/h3-5,7-12,15H,6,13-14H2,2H3,(H,32,33,34). The van der Waals surface area contributed by atoms with Gasteiger partial charge in [-0.3, -0.25) is 4.55 Å². The van der Waals surface area contributed by atoms with Gasteiger partial charge in [0.15, 0.2) is 0 Å². The predicted molar refractivity (Wildman–Crippen MR) is 136 cm³/mol. The highest BCUT2D eigenvalue weighted by Gasteiger charge is 2.29. The molecule has 0 aliphatic carbocycles. The fourth-order valence-corrected chi connectivity index (χ4v) is 4.42. The molecule has 2 aromatic rings. The van der Waals surface area contributed by atoms with Gasteiger partial charge in [0.1, 0.15) is 5.82 Å². The van der Waals surface area contributed by atoms with Crippen LogP contribution in [-0.2, 0) is 10.1 Å². The first-order valence-electron chi connectivity index (χ1n) is 10.4. The van der Waals surface area contributed by atoms with Gasteiger partial charge in [0, 0.05) is 24.2 Å². The van der Waals surface area contributed by atoms with Crippen molar-refractivity contribution in [3.63, 3.8) is 0 Å². The van der Waals surface area contributed by atoms with E-state index in [1.54, 1.807) is 48.5 Å². The molecule has 0 bridgehead atoms. The Morgan fingerprint density at radius 1 is 1.17 bits per heavy atom. The monoisotopic (exact) mass is 505 g/mol. The first-order valence-corrected chi connectivity index (χ1v) is 12.3. The van der Waals surface area contributed by atoms with Crippen molar-refractivity contribution in [3.05, 3.63) is 99.8 Å². The third-order valence-electron chi connectivity index (χ3n) is 5.30. The molecule has 8 nitrogen and oxygen atoms in total. The number of fused-ring (bicyclic) bond motifs is 1. The minimum Gasteiger partial charge on any atom is -0.329 e. The normalized spacial score (nSPS) is 15.2. The van der Waals surface area contributed by atoms with Crippen molar-refractivity contribution in [2.75, 3.05) is 29.1 Å². The summed E-state index contributed by atoms with van der Waals surface area (Å²) < 4.78 is 31.6. The number of hydrogen-bond donors (Lipinski definition) is 1. The first kappa shape index (κ1) is 25.6.